The summed E-state index contributed by atoms with van der Waals surface area (Å²) in [6, 6.07) is 0. The summed E-state index contributed by atoms with van der Waals surface area (Å²) in [5, 5.41) is 7.98. The van der Waals surface area contributed by atoms with Crippen molar-refractivity contribution in [1.82, 2.24) is 24.6 Å². The number of aryl methyl sites for hydroxylation is 1. The van der Waals surface area contributed by atoms with E-state index in [2.05, 4.69) is 36.0 Å². The van der Waals surface area contributed by atoms with Crippen molar-refractivity contribution in [2.75, 3.05) is 19.7 Å². The highest BCUT2D eigenvalue weighted by atomic mass is 32.1. The van der Waals surface area contributed by atoms with Gasteiger partial charge >= 0.3 is 0 Å². The predicted octanol–water partition coefficient (Wildman–Crippen LogP) is 1.78. The average molecular weight is 335 g/mol. The lowest BCUT2D eigenvalue weighted by atomic mass is 9.91. The van der Waals surface area contributed by atoms with Gasteiger partial charge in [-0.15, -0.1) is 21.5 Å². The van der Waals surface area contributed by atoms with E-state index < -0.39 is 0 Å². The lowest BCUT2D eigenvalue weighted by Gasteiger charge is -2.32. The highest BCUT2D eigenvalue weighted by Crippen LogP contribution is 2.29. The number of nitrogens with zero attached hydrogens (tertiary/aromatic N) is 5. The molecule has 1 saturated heterocycles. The molecule has 124 valence electrons. The van der Waals surface area contributed by atoms with E-state index in [1.807, 2.05) is 16.5 Å². The third-order valence-electron chi connectivity index (χ3n) is 3.86. The largest absolute Gasteiger partial charge is 0.366 e. The molecule has 7 nitrogen and oxygen atoms in total. The molecule has 3 heterocycles. The van der Waals surface area contributed by atoms with Gasteiger partial charge in [-0.2, -0.15) is 0 Å². The van der Waals surface area contributed by atoms with E-state index in [-0.39, 0.29) is 17.4 Å². The molecule has 8 heteroatoms. The molecule has 2 aromatic rings. The van der Waals surface area contributed by atoms with Gasteiger partial charge in [0.05, 0.1) is 24.4 Å². The molecular formula is C15H21N5O2S. The van der Waals surface area contributed by atoms with E-state index >= 15 is 0 Å². The lowest BCUT2D eigenvalue weighted by molar-refractivity contribution is -0.0280. The Morgan fingerprint density at radius 3 is 2.87 bits per heavy atom. The molecule has 0 spiro atoms. The van der Waals surface area contributed by atoms with Crippen molar-refractivity contribution in [3.05, 3.63) is 28.2 Å². The van der Waals surface area contributed by atoms with E-state index in [4.69, 9.17) is 4.74 Å². The summed E-state index contributed by atoms with van der Waals surface area (Å²) in [4.78, 5) is 19.9. The number of rotatable bonds is 2. The van der Waals surface area contributed by atoms with Crippen LogP contribution in [0.3, 0.4) is 0 Å². The smallest absolute Gasteiger partial charge is 0.266 e. The molecule has 0 bridgehead atoms. The number of ether oxygens (including phenoxy) is 1. The lowest BCUT2D eigenvalue weighted by Crippen LogP contribution is -2.43. The van der Waals surface area contributed by atoms with Gasteiger partial charge in [-0.05, 0) is 0 Å². The summed E-state index contributed by atoms with van der Waals surface area (Å²) in [6.07, 6.45) is 1.39. The first-order valence-electron chi connectivity index (χ1n) is 7.56. The fraction of sp³-hybridized carbons (Fsp3) is 0.600. The maximum Gasteiger partial charge on any atom is 0.266 e. The van der Waals surface area contributed by atoms with Crippen molar-refractivity contribution in [1.29, 1.82) is 0 Å². The highest BCUT2D eigenvalue weighted by Gasteiger charge is 2.32. The molecule has 1 amide bonds. The Hall–Kier alpha value is -1.80. The number of thiazole rings is 1. The maximum absolute atomic E-state index is 12.9. The van der Waals surface area contributed by atoms with Gasteiger partial charge in [0.1, 0.15) is 17.3 Å². The minimum atomic E-state index is -0.244. The molecule has 1 fully saturated rings. The summed E-state index contributed by atoms with van der Waals surface area (Å²) < 4.78 is 7.59. The van der Waals surface area contributed by atoms with Crippen LogP contribution in [0.15, 0.2) is 11.8 Å². The first-order chi connectivity index (χ1) is 10.9. The summed E-state index contributed by atoms with van der Waals surface area (Å²) in [6.45, 7) is 7.76. The second kappa shape index (κ2) is 6.01. The van der Waals surface area contributed by atoms with Crippen LogP contribution in [0.1, 0.15) is 48.1 Å². The monoisotopic (exact) mass is 335 g/mol. The molecule has 0 radical (unpaired) electrons. The Balaban J connectivity index is 1.81. The third-order valence-corrected chi connectivity index (χ3v) is 4.67. The molecular weight excluding hydrogens is 314 g/mol. The topological polar surface area (TPSA) is 73.1 Å². The fourth-order valence-corrected chi connectivity index (χ4v) is 3.61. The molecule has 1 atom stereocenters. The van der Waals surface area contributed by atoms with E-state index in [0.29, 0.717) is 19.7 Å². The van der Waals surface area contributed by atoms with Crippen molar-refractivity contribution >= 4 is 17.2 Å². The van der Waals surface area contributed by atoms with Crippen LogP contribution in [0.2, 0.25) is 0 Å². The van der Waals surface area contributed by atoms with Crippen LogP contribution in [0.5, 0.6) is 0 Å². The Labute approximate surface area is 139 Å². The van der Waals surface area contributed by atoms with Crippen LogP contribution in [-0.4, -0.2) is 50.3 Å². The highest BCUT2D eigenvalue weighted by molar-refractivity contribution is 7.11. The van der Waals surface area contributed by atoms with E-state index in [0.717, 1.165) is 16.4 Å². The van der Waals surface area contributed by atoms with Crippen LogP contribution >= 0.6 is 11.3 Å². The Morgan fingerprint density at radius 2 is 2.22 bits per heavy atom. The number of amides is 1. The van der Waals surface area contributed by atoms with Crippen molar-refractivity contribution < 1.29 is 9.53 Å². The predicted molar refractivity (Wildman–Crippen MR) is 86.4 cm³/mol. The molecule has 0 saturated carbocycles. The van der Waals surface area contributed by atoms with Gasteiger partial charge in [0.25, 0.3) is 5.91 Å². The van der Waals surface area contributed by atoms with E-state index in [9.17, 15) is 4.79 Å². The zero-order chi connectivity index (χ0) is 16.6. The molecule has 1 aliphatic heterocycles. The molecule has 0 unspecified atom stereocenters. The summed E-state index contributed by atoms with van der Waals surface area (Å²) in [5.41, 5.74) is 2.45. The first-order valence-corrected chi connectivity index (χ1v) is 8.44. The van der Waals surface area contributed by atoms with Crippen LogP contribution in [-0.2, 0) is 17.2 Å². The number of hydrogen-bond donors (Lipinski definition) is 0. The van der Waals surface area contributed by atoms with Crippen molar-refractivity contribution in [3.8, 4) is 0 Å². The number of morpholine rings is 1. The fourth-order valence-electron chi connectivity index (χ4n) is 2.65. The van der Waals surface area contributed by atoms with Gasteiger partial charge in [-0.25, -0.2) is 4.98 Å². The van der Waals surface area contributed by atoms with Gasteiger partial charge in [-0.3, -0.25) is 4.79 Å². The average Bonchev–Trinajstić information content (AvgIpc) is 3.14. The van der Waals surface area contributed by atoms with Crippen molar-refractivity contribution in [2.45, 2.75) is 32.3 Å². The maximum atomic E-state index is 12.9. The van der Waals surface area contributed by atoms with Crippen molar-refractivity contribution in [3.63, 3.8) is 0 Å². The summed E-state index contributed by atoms with van der Waals surface area (Å²) in [5.74, 6) is 0.760. The Morgan fingerprint density at radius 1 is 1.43 bits per heavy atom. The zero-order valence-corrected chi connectivity index (χ0v) is 14.6. The second-order valence-corrected chi connectivity index (χ2v) is 7.55. The normalized spacial score (nSPS) is 19.1. The van der Waals surface area contributed by atoms with E-state index in [1.54, 1.807) is 11.8 Å². The quantitative estimate of drug-likeness (QED) is 0.836. The first kappa shape index (κ1) is 16.1. The molecule has 0 aromatic carbocycles. The zero-order valence-electron chi connectivity index (χ0n) is 13.8. The number of carbonyl (C=O) groups is 1. The summed E-state index contributed by atoms with van der Waals surface area (Å²) >= 11 is 1.40. The minimum absolute atomic E-state index is 0.0212. The molecule has 2 aromatic heterocycles. The molecule has 0 N–H and O–H groups in total. The third kappa shape index (κ3) is 3.13. The van der Waals surface area contributed by atoms with Gasteiger partial charge in [-0.1, -0.05) is 20.8 Å². The number of aromatic nitrogens is 4. The number of hydrogen-bond acceptors (Lipinski definition) is 6. The van der Waals surface area contributed by atoms with Gasteiger partial charge in [0.2, 0.25) is 0 Å². The number of carbonyl (C=O) groups excluding carboxylic acids is 1. The minimum Gasteiger partial charge on any atom is -0.366 e. The van der Waals surface area contributed by atoms with Gasteiger partial charge in [0, 0.05) is 19.0 Å². The van der Waals surface area contributed by atoms with Crippen LogP contribution < -0.4 is 0 Å². The van der Waals surface area contributed by atoms with Crippen LogP contribution in [0.25, 0.3) is 0 Å². The SMILES string of the molecule is Cn1cnnc1[C@H]1CN(C(=O)c2scnc2C(C)(C)C)CCO1. The Kier molecular flexibility index (Phi) is 4.20. The molecule has 3 rings (SSSR count). The van der Waals surface area contributed by atoms with Crippen molar-refractivity contribution in [2.24, 2.45) is 7.05 Å². The molecule has 0 aliphatic carbocycles. The molecule has 1 aliphatic rings. The van der Waals surface area contributed by atoms with E-state index in [1.165, 1.54) is 11.3 Å². The molecule has 23 heavy (non-hydrogen) atoms. The standard InChI is InChI=1S/C15H21N5O2S/c1-15(2,3)12-11(23-9-16-12)14(21)20-5-6-22-10(7-20)13-18-17-8-19(13)4/h8-10H,5-7H2,1-4H3/t10-/m1/s1. The second-order valence-electron chi connectivity index (χ2n) is 6.69. The Bertz CT molecular complexity index is 703. The summed E-state index contributed by atoms with van der Waals surface area (Å²) in [7, 11) is 1.88. The van der Waals surface area contributed by atoms with Crippen LogP contribution in [0.4, 0.5) is 0 Å². The van der Waals surface area contributed by atoms with Crippen LogP contribution in [0, 0.1) is 0 Å². The van der Waals surface area contributed by atoms with Gasteiger partial charge < -0.3 is 14.2 Å². The van der Waals surface area contributed by atoms with Gasteiger partial charge in [0.15, 0.2) is 5.82 Å².